The van der Waals surface area contributed by atoms with E-state index in [9.17, 15) is 50.5 Å². The molecule has 0 amide bonds. The minimum absolute atomic E-state index is 0.428. The maximum atomic E-state index is 11.1. The van der Waals surface area contributed by atoms with Gasteiger partial charge in [-0.05, 0) is 260 Å². The van der Waals surface area contributed by atoms with Crippen LogP contribution in [0.2, 0.25) is 0 Å². The molecule has 29 atom stereocenters. The van der Waals surface area contributed by atoms with Gasteiger partial charge in [0, 0.05) is 214 Å². The topological polar surface area (TPSA) is 205 Å². The molecule has 19 heterocycles. The second kappa shape index (κ2) is 108. The summed E-state index contributed by atoms with van der Waals surface area (Å²) < 4.78 is 130. The summed E-state index contributed by atoms with van der Waals surface area (Å²) in [4.78, 5) is 0. The first-order valence-corrected chi connectivity index (χ1v) is 104. The van der Waals surface area contributed by atoms with Crippen molar-refractivity contribution in [3.8, 4) is 0 Å². The lowest BCUT2D eigenvalue weighted by Crippen LogP contribution is -2.12. The van der Waals surface area contributed by atoms with Crippen LogP contribution >= 0.6 is 281 Å². The van der Waals surface area contributed by atoms with Gasteiger partial charge in [0.05, 0.1) is 118 Å². The minimum Gasteiger partial charge on any atom is -0.248 e. The number of hydrogen-bond acceptors (Lipinski definition) is 38. The highest BCUT2D eigenvalue weighted by molar-refractivity contribution is 8.79. The molecule has 0 bridgehead atoms. The van der Waals surface area contributed by atoms with E-state index in [0.717, 1.165) is 219 Å². The zero-order valence-corrected chi connectivity index (χ0v) is 124. The molecule has 148 heavy (non-hydrogen) atoms. The van der Waals surface area contributed by atoms with Gasteiger partial charge >= 0.3 is 0 Å². The highest BCUT2D eigenvalue weighted by atomic mass is 33.2. The fourth-order valence-electron chi connectivity index (χ4n) is 13.3. The van der Waals surface area contributed by atoms with Crippen molar-refractivity contribution in [2.24, 2.45) is 59.2 Å². The fraction of sp³-hybridized carbons (Fsp3) is 1.00. The monoisotopic (exact) mass is 2780 g/mol. The smallest absolute Gasteiger partial charge is 0.0832 e. The first-order valence-electron chi connectivity index (χ1n) is 54.0. The molecule has 19 fully saturated rings. The summed E-state index contributed by atoms with van der Waals surface area (Å²) in [6.45, 7) is 42.0. The summed E-state index contributed by atoms with van der Waals surface area (Å²) in [5.41, 5.74) is 0. The van der Waals surface area contributed by atoms with Crippen LogP contribution in [-0.4, -0.2) is 265 Å². The van der Waals surface area contributed by atoms with E-state index in [4.69, 9.17) is 0 Å². The predicted molar refractivity (Wildman–Crippen MR) is 756 cm³/mol. The molecule has 0 spiro atoms. The van der Waals surface area contributed by atoms with Crippen molar-refractivity contribution in [2.45, 2.75) is 378 Å². The van der Waals surface area contributed by atoms with Crippen molar-refractivity contribution >= 4 is 399 Å². The molecule has 19 saturated heterocycles. The van der Waals surface area contributed by atoms with Gasteiger partial charge in [-0.2, -0.15) is 0 Å². The first kappa shape index (κ1) is 157. The zero-order chi connectivity index (χ0) is 110. The molecule has 19 rings (SSSR count). The van der Waals surface area contributed by atoms with Crippen LogP contribution in [0, 0.1) is 59.2 Å². The quantitative estimate of drug-likeness (QED) is 0.207. The van der Waals surface area contributed by atoms with Crippen LogP contribution in [0.3, 0.4) is 0 Å². The Bertz CT molecular complexity index is 3220. The number of hydrogen-bond donors (Lipinski definition) is 0. The molecule has 29 unspecified atom stereocenters. The molecular formula is C98H196O12S38. The van der Waals surface area contributed by atoms with Gasteiger partial charge < -0.3 is 0 Å². The predicted octanol–water partition coefficient (Wildman–Crippen LogP) is 36.4. The van der Waals surface area contributed by atoms with Gasteiger partial charge in [-0.25, -0.2) is 50.5 Å². The maximum absolute atomic E-state index is 11.1. The van der Waals surface area contributed by atoms with E-state index >= 15 is 0 Å². The molecule has 888 valence electrons. The van der Waals surface area contributed by atoms with Crippen molar-refractivity contribution in [3.05, 3.63) is 0 Å². The highest BCUT2D eigenvalue weighted by Gasteiger charge is 2.25. The van der Waals surface area contributed by atoms with E-state index in [1.807, 2.05) is 147 Å². The summed E-state index contributed by atoms with van der Waals surface area (Å²) in [5.74, 6) is 41.4. The van der Waals surface area contributed by atoms with E-state index in [1.165, 1.54) is 205 Å². The van der Waals surface area contributed by atoms with Gasteiger partial charge in [0.1, 0.15) is 0 Å². The lowest BCUT2D eigenvalue weighted by Gasteiger charge is -2.14. The van der Waals surface area contributed by atoms with Crippen molar-refractivity contribution in [3.63, 3.8) is 0 Å². The van der Waals surface area contributed by atoms with Crippen LogP contribution in [0.25, 0.3) is 0 Å². The van der Waals surface area contributed by atoms with Gasteiger partial charge in [-0.3, -0.25) is 0 Å². The Hall–Kier alpha value is 10.9. The Morgan fingerprint density at radius 1 is 0.155 bits per heavy atom. The van der Waals surface area contributed by atoms with Crippen LogP contribution in [0.15, 0.2) is 0 Å². The molecule has 0 aromatic carbocycles. The fourth-order valence-corrected chi connectivity index (χ4v) is 69.1. The molecule has 0 radical (unpaired) electrons. The lowest BCUT2D eigenvalue weighted by molar-refractivity contribution is 0.553. The molecule has 0 saturated carbocycles. The Morgan fingerprint density at radius 3 is 0.905 bits per heavy atom. The Morgan fingerprint density at radius 2 is 0.439 bits per heavy atom. The van der Waals surface area contributed by atoms with Crippen LogP contribution < -0.4 is 0 Å². The van der Waals surface area contributed by atoms with Crippen molar-refractivity contribution in [1.29, 1.82) is 0 Å². The first-order chi connectivity index (χ1) is 70.8. The third-order valence-corrected chi connectivity index (χ3v) is 84.5. The van der Waals surface area contributed by atoms with Crippen molar-refractivity contribution in [1.82, 2.24) is 0 Å². The largest absolute Gasteiger partial charge is 0.248 e. The molecule has 0 aromatic rings. The van der Waals surface area contributed by atoms with Crippen LogP contribution in [0.4, 0.5) is 0 Å². The summed E-state index contributed by atoms with van der Waals surface area (Å²) in [6, 6.07) is 0. The standard InChI is InChI=1S/5C6H12OS2.3C6H12S2.4C5H10OS2.2C5H10S2.3C4H8OS2.2C4H8S2/c1-6-2-4-8-9(7)5-3-6;1-6-3-2-4-9(7)8-5-6;1-6-3-2-4-8-9(7)5-6;1-6-4-2-3-5-9(7)8-6;1-6-4-2-3-5-8-9(6)7;1-6-2-4-7-8-5-3-6;1-6-3-2-4-7-8-5-6;1-6-4-2-3-5-7-8-6;1-5-2-3-8(6)7-4-5;1-5-2-3-7-8(6)4-5;1-5-3-2-4-8(6)7-5;1-5-3-2-4-7-8(5)6;1-5-2-3-6-7-4-5;1-5-3-2-4-6-7-5;1-4-2-6-7(5)3-4;1-4-2-3-7(5)6-4;1-4-2-3-6-7(4)5;1-4-2-5-6-3-4;1-4-2-3-5-6-4/h5*6H,2-5H2,1H3;3*6H,2-5H2,1H3;4*5H,2-4H2,1H3;2*5H,2-4H2,1H3;3*4H,2-3H2,1H3;2*4H,2-3H2,1H3. The molecule has 19 aliphatic heterocycles. The van der Waals surface area contributed by atoms with Gasteiger partial charge in [0.2, 0.25) is 0 Å². The van der Waals surface area contributed by atoms with E-state index in [1.54, 1.807) is 130 Å². The molecule has 0 aliphatic carbocycles. The molecule has 19 aliphatic rings. The SMILES string of the molecule is CC1CCCCS(=O)S1.CC1CCCCSS1.CC1CCCCSS1=O.CC1CCCS(=O)S1.CC1CCCS(=O)SC1.CC1CCCSS(=O)C1.CC1CCCSS1.CC1CCCSS1=O.CC1CCCSSC1.CC1CCS(=O)S1.CC1CCS(=O)SC1.CC1CCSS(=O)C1.CC1CCSS(=O)CC1.CC1CCSS1.CC1CCSS1=O.CC1CCSSC1.CC1CCSSCC1.CC1CSS(=O)C1.CC1CSSC1. The molecule has 50 heteroatoms. The average Bonchev–Trinajstić information content (AvgIpc) is 1.93. The Balaban J connectivity index is 0.000000782. The summed E-state index contributed by atoms with van der Waals surface area (Å²) >= 11 is 0. The average molecular weight is 2790 g/mol. The van der Waals surface area contributed by atoms with Gasteiger partial charge in [0.15, 0.2) is 0 Å². The van der Waals surface area contributed by atoms with Crippen molar-refractivity contribution < 1.29 is 50.5 Å². The van der Waals surface area contributed by atoms with E-state index in [0.29, 0.717) is 49.3 Å². The summed E-state index contributed by atoms with van der Waals surface area (Å²) in [5, 5.41) is 5.95. The second-order valence-electron chi connectivity index (χ2n) is 40.1. The van der Waals surface area contributed by atoms with Gasteiger partial charge in [-0.1, -0.05) is 411 Å². The summed E-state index contributed by atoms with van der Waals surface area (Å²) in [6.07, 6.45) is 39.9. The van der Waals surface area contributed by atoms with E-state index in [2.05, 4.69) is 135 Å². The normalized spacial score (nSPS) is 36.4. The van der Waals surface area contributed by atoms with Gasteiger partial charge in [-0.15, -0.1) is 0 Å². The third-order valence-electron chi connectivity index (χ3n) is 23.4. The van der Waals surface area contributed by atoms with Crippen molar-refractivity contribution in [2.75, 3.05) is 167 Å². The Kier molecular flexibility index (Phi) is 114. The van der Waals surface area contributed by atoms with Crippen LogP contribution in [0.5, 0.6) is 0 Å². The molecule has 0 aromatic heterocycles. The minimum atomic E-state index is -0.586. The maximum Gasteiger partial charge on any atom is 0.0832 e. The lowest BCUT2D eigenvalue weighted by atomic mass is 10.1. The summed E-state index contributed by atoms with van der Waals surface area (Å²) in [7, 11) is 40.9. The number of rotatable bonds is 0. The zero-order valence-electron chi connectivity index (χ0n) is 92.8. The van der Waals surface area contributed by atoms with Crippen LogP contribution in [0.1, 0.15) is 331 Å². The van der Waals surface area contributed by atoms with Gasteiger partial charge in [0.25, 0.3) is 0 Å². The molecule has 0 N–H and O–H groups in total. The Labute approximate surface area is 1040 Å². The van der Waals surface area contributed by atoms with E-state index in [-0.39, 0.29) is 0 Å². The second-order valence-corrected chi connectivity index (χ2v) is 102. The molecular weight excluding hydrogens is 2590 g/mol. The van der Waals surface area contributed by atoms with E-state index < -0.39 is 118 Å². The third kappa shape index (κ3) is 102. The van der Waals surface area contributed by atoms with Crippen LogP contribution in [-0.2, 0) is 118 Å². The highest BCUT2D eigenvalue weighted by Crippen LogP contribution is 2.41. The molecule has 12 nitrogen and oxygen atoms in total.